The van der Waals surface area contributed by atoms with Gasteiger partial charge in [0.1, 0.15) is 5.75 Å². The average molecular weight is 248 g/mol. The standard InChI is InChI=1S/C11H6ClN3O2/c12-10-9(6-14-15(7-13)11(10)16)17-8-4-2-1-3-5-8/h1-6H. The van der Waals surface area contributed by atoms with Crippen LogP contribution in [0.15, 0.2) is 41.3 Å². The second-order valence-electron chi connectivity index (χ2n) is 3.05. The Morgan fingerprint density at radius 3 is 2.71 bits per heavy atom. The highest BCUT2D eigenvalue weighted by Crippen LogP contribution is 2.24. The van der Waals surface area contributed by atoms with Crippen molar-refractivity contribution in [1.82, 2.24) is 9.78 Å². The summed E-state index contributed by atoms with van der Waals surface area (Å²) in [6.07, 6.45) is 2.80. The van der Waals surface area contributed by atoms with E-state index in [0.29, 0.717) is 10.4 Å². The summed E-state index contributed by atoms with van der Waals surface area (Å²) in [6, 6.07) is 8.83. The first-order valence-corrected chi connectivity index (χ1v) is 5.01. The fourth-order valence-corrected chi connectivity index (χ4v) is 1.34. The van der Waals surface area contributed by atoms with Gasteiger partial charge in [-0.1, -0.05) is 29.8 Å². The number of aromatic nitrogens is 2. The normalized spacial score (nSPS) is 9.65. The van der Waals surface area contributed by atoms with E-state index >= 15 is 0 Å². The maximum Gasteiger partial charge on any atom is 0.303 e. The molecule has 1 heterocycles. The van der Waals surface area contributed by atoms with Gasteiger partial charge in [-0.15, -0.1) is 4.68 Å². The van der Waals surface area contributed by atoms with E-state index in [1.165, 1.54) is 6.20 Å². The average Bonchev–Trinajstić information content (AvgIpc) is 2.37. The summed E-state index contributed by atoms with van der Waals surface area (Å²) >= 11 is 5.78. The minimum atomic E-state index is -0.706. The Kier molecular flexibility index (Phi) is 3.08. The van der Waals surface area contributed by atoms with Crippen LogP contribution in [0, 0.1) is 11.5 Å². The molecule has 5 nitrogen and oxygen atoms in total. The van der Waals surface area contributed by atoms with Gasteiger partial charge >= 0.3 is 5.56 Å². The molecule has 0 amide bonds. The summed E-state index contributed by atoms with van der Waals surface area (Å²) < 4.78 is 5.96. The van der Waals surface area contributed by atoms with Crippen LogP contribution in [0.4, 0.5) is 0 Å². The molecule has 1 aromatic heterocycles. The van der Waals surface area contributed by atoms with Crippen molar-refractivity contribution in [1.29, 1.82) is 5.26 Å². The Morgan fingerprint density at radius 1 is 1.35 bits per heavy atom. The van der Waals surface area contributed by atoms with Crippen molar-refractivity contribution in [3.8, 4) is 17.7 Å². The monoisotopic (exact) mass is 247 g/mol. The minimum Gasteiger partial charge on any atom is -0.454 e. The van der Waals surface area contributed by atoms with Crippen molar-refractivity contribution in [2.75, 3.05) is 0 Å². The maximum absolute atomic E-state index is 11.5. The van der Waals surface area contributed by atoms with Crippen LogP contribution in [0.25, 0.3) is 0 Å². The smallest absolute Gasteiger partial charge is 0.303 e. The number of hydrogen-bond acceptors (Lipinski definition) is 4. The van der Waals surface area contributed by atoms with E-state index in [1.54, 1.807) is 30.5 Å². The summed E-state index contributed by atoms with van der Waals surface area (Å²) in [5, 5.41) is 12.0. The minimum absolute atomic E-state index is 0.120. The van der Waals surface area contributed by atoms with Crippen LogP contribution in [0.5, 0.6) is 11.5 Å². The predicted octanol–water partition coefficient (Wildman–Crippen LogP) is 2.02. The number of nitrogens with zero attached hydrogens (tertiary/aromatic N) is 3. The first kappa shape index (κ1) is 11.2. The largest absolute Gasteiger partial charge is 0.454 e. The predicted molar refractivity (Wildman–Crippen MR) is 61.0 cm³/mol. The molecule has 0 atom stereocenters. The molecule has 0 N–H and O–H groups in total. The van der Waals surface area contributed by atoms with E-state index in [4.69, 9.17) is 21.6 Å². The topological polar surface area (TPSA) is 67.9 Å². The number of ether oxygens (including phenoxy) is 1. The Balaban J connectivity index is 2.39. The highest BCUT2D eigenvalue weighted by Gasteiger charge is 2.10. The van der Waals surface area contributed by atoms with Crippen LogP contribution in [-0.2, 0) is 0 Å². The molecule has 0 radical (unpaired) electrons. The van der Waals surface area contributed by atoms with Gasteiger partial charge in [0.15, 0.2) is 10.8 Å². The summed E-state index contributed by atoms with van der Waals surface area (Å²) in [4.78, 5) is 11.5. The van der Waals surface area contributed by atoms with Crippen molar-refractivity contribution in [3.63, 3.8) is 0 Å². The number of nitriles is 1. The lowest BCUT2D eigenvalue weighted by Crippen LogP contribution is -2.19. The number of hydrogen-bond donors (Lipinski definition) is 0. The van der Waals surface area contributed by atoms with E-state index in [1.807, 2.05) is 6.07 Å². The lowest BCUT2D eigenvalue weighted by Gasteiger charge is -2.06. The number of rotatable bonds is 2. The quantitative estimate of drug-likeness (QED) is 0.814. The molecule has 0 spiro atoms. The highest BCUT2D eigenvalue weighted by molar-refractivity contribution is 6.31. The number of para-hydroxylation sites is 1. The molecular weight excluding hydrogens is 242 g/mol. The van der Waals surface area contributed by atoms with Crippen molar-refractivity contribution in [2.24, 2.45) is 0 Å². The van der Waals surface area contributed by atoms with E-state index in [2.05, 4.69) is 5.10 Å². The maximum atomic E-state index is 11.5. The summed E-state index contributed by atoms with van der Waals surface area (Å²) in [5.74, 6) is 0.652. The van der Waals surface area contributed by atoms with E-state index in [-0.39, 0.29) is 10.8 Å². The van der Waals surface area contributed by atoms with Gasteiger partial charge < -0.3 is 4.74 Å². The molecule has 0 aliphatic carbocycles. The van der Waals surface area contributed by atoms with Crippen LogP contribution in [-0.4, -0.2) is 9.78 Å². The Labute approximate surface area is 101 Å². The Hall–Kier alpha value is -2.32. The van der Waals surface area contributed by atoms with Crippen molar-refractivity contribution < 1.29 is 4.74 Å². The molecular formula is C11H6ClN3O2. The summed E-state index contributed by atoms with van der Waals surface area (Å²) in [5.41, 5.74) is -0.706. The fourth-order valence-electron chi connectivity index (χ4n) is 1.18. The first-order chi connectivity index (χ1) is 8.22. The molecule has 2 rings (SSSR count). The summed E-state index contributed by atoms with van der Waals surface area (Å²) in [7, 11) is 0. The second kappa shape index (κ2) is 4.68. The zero-order valence-corrected chi connectivity index (χ0v) is 9.26. The van der Waals surface area contributed by atoms with Crippen molar-refractivity contribution in [3.05, 3.63) is 51.9 Å². The van der Waals surface area contributed by atoms with E-state index in [0.717, 1.165) is 0 Å². The molecule has 0 unspecified atom stereocenters. The van der Waals surface area contributed by atoms with Gasteiger partial charge in [0.05, 0.1) is 6.20 Å². The summed E-state index contributed by atoms with van der Waals surface area (Å²) in [6.45, 7) is 0. The zero-order valence-electron chi connectivity index (χ0n) is 8.50. The molecule has 0 aliphatic rings. The lowest BCUT2D eigenvalue weighted by molar-refractivity contribution is 0.475. The van der Waals surface area contributed by atoms with Crippen LogP contribution in [0.2, 0.25) is 5.02 Å². The third kappa shape index (κ3) is 2.27. The van der Waals surface area contributed by atoms with Crippen LogP contribution < -0.4 is 10.3 Å². The van der Waals surface area contributed by atoms with Gasteiger partial charge in [-0.2, -0.15) is 10.4 Å². The molecule has 0 aliphatic heterocycles. The van der Waals surface area contributed by atoms with Gasteiger partial charge in [0, 0.05) is 0 Å². The van der Waals surface area contributed by atoms with Crippen LogP contribution in [0.3, 0.4) is 0 Å². The third-order valence-electron chi connectivity index (χ3n) is 1.95. The second-order valence-corrected chi connectivity index (χ2v) is 3.43. The lowest BCUT2D eigenvalue weighted by atomic mass is 10.3. The molecule has 17 heavy (non-hydrogen) atoms. The van der Waals surface area contributed by atoms with Crippen LogP contribution >= 0.6 is 11.6 Å². The first-order valence-electron chi connectivity index (χ1n) is 4.63. The molecule has 0 fully saturated rings. The molecule has 0 saturated heterocycles. The van der Waals surface area contributed by atoms with Crippen LogP contribution in [0.1, 0.15) is 0 Å². The van der Waals surface area contributed by atoms with Crippen molar-refractivity contribution in [2.45, 2.75) is 0 Å². The van der Waals surface area contributed by atoms with E-state index < -0.39 is 5.56 Å². The number of halogens is 1. The fraction of sp³-hybridized carbons (Fsp3) is 0. The third-order valence-corrected chi connectivity index (χ3v) is 2.30. The molecule has 0 saturated carbocycles. The molecule has 0 bridgehead atoms. The SMILES string of the molecule is N#Cn1ncc(Oc2ccccc2)c(Cl)c1=O. The molecule has 2 aromatic rings. The van der Waals surface area contributed by atoms with Gasteiger partial charge in [-0.05, 0) is 12.1 Å². The zero-order chi connectivity index (χ0) is 12.3. The Morgan fingerprint density at radius 2 is 2.06 bits per heavy atom. The molecule has 6 heteroatoms. The van der Waals surface area contributed by atoms with Gasteiger partial charge in [-0.25, -0.2) is 0 Å². The van der Waals surface area contributed by atoms with Gasteiger partial charge in [0.25, 0.3) is 0 Å². The van der Waals surface area contributed by atoms with Crippen molar-refractivity contribution >= 4 is 11.6 Å². The van der Waals surface area contributed by atoms with Gasteiger partial charge in [-0.3, -0.25) is 4.79 Å². The Bertz CT molecular complexity index is 631. The van der Waals surface area contributed by atoms with E-state index in [9.17, 15) is 4.79 Å². The molecule has 84 valence electrons. The number of benzene rings is 1. The molecule has 1 aromatic carbocycles. The van der Waals surface area contributed by atoms with Gasteiger partial charge in [0.2, 0.25) is 6.19 Å². The highest BCUT2D eigenvalue weighted by atomic mass is 35.5.